The van der Waals surface area contributed by atoms with Crippen LogP contribution in [0.3, 0.4) is 0 Å². The fraction of sp³-hybridized carbons (Fsp3) is 0.500. The number of hydrogen-bond acceptors (Lipinski definition) is 4. The van der Waals surface area contributed by atoms with Gasteiger partial charge in [0.2, 0.25) is 0 Å². The Labute approximate surface area is 80.6 Å². The lowest BCUT2D eigenvalue weighted by Gasteiger charge is -2.00. The molecule has 12 heavy (non-hydrogen) atoms. The standard InChI is InChI=1S/C6H12N4S2/c1-9-4(7)5(11-2)10-6(8)12-3/h8H,1-3H3,(H2,7,9). The van der Waals surface area contributed by atoms with Crippen LogP contribution in [0.15, 0.2) is 9.98 Å². The molecule has 0 unspecified atom stereocenters. The van der Waals surface area contributed by atoms with Crippen LogP contribution >= 0.6 is 23.5 Å². The van der Waals surface area contributed by atoms with Crippen molar-refractivity contribution >= 4 is 39.6 Å². The van der Waals surface area contributed by atoms with Crippen LogP contribution in [0, 0.1) is 5.41 Å². The van der Waals surface area contributed by atoms with Crippen molar-refractivity contribution in [1.82, 2.24) is 0 Å². The van der Waals surface area contributed by atoms with Gasteiger partial charge in [-0.2, -0.15) is 0 Å². The number of nitrogens with two attached hydrogens (primary N) is 1. The maximum Gasteiger partial charge on any atom is 0.180 e. The Morgan fingerprint density at radius 1 is 1.33 bits per heavy atom. The van der Waals surface area contributed by atoms with Crippen LogP contribution in [0.2, 0.25) is 0 Å². The van der Waals surface area contributed by atoms with Crippen LogP contribution in [-0.4, -0.2) is 35.6 Å². The first-order valence-electron chi connectivity index (χ1n) is 3.13. The summed E-state index contributed by atoms with van der Waals surface area (Å²) in [5.41, 5.74) is 5.52. The minimum Gasteiger partial charge on any atom is -0.382 e. The van der Waals surface area contributed by atoms with Crippen LogP contribution in [0.5, 0.6) is 0 Å². The van der Waals surface area contributed by atoms with Crippen molar-refractivity contribution in [2.45, 2.75) is 0 Å². The van der Waals surface area contributed by atoms with Gasteiger partial charge in [-0.3, -0.25) is 10.4 Å². The normalized spacial score (nSPS) is 13.2. The minimum atomic E-state index is 0.242. The van der Waals surface area contributed by atoms with Crippen molar-refractivity contribution in [3.63, 3.8) is 0 Å². The van der Waals surface area contributed by atoms with Gasteiger partial charge in [0, 0.05) is 7.05 Å². The third kappa shape index (κ3) is 3.77. The molecule has 0 spiro atoms. The van der Waals surface area contributed by atoms with Gasteiger partial charge >= 0.3 is 0 Å². The van der Waals surface area contributed by atoms with Gasteiger partial charge in [0.05, 0.1) is 0 Å². The molecule has 68 valence electrons. The van der Waals surface area contributed by atoms with E-state index in [9.17, 15) is 0 Å². The zero-order chi connectivity index (χ0) is 9.56. The molecule has 0 fully saturated rings. The molecule has 0 saturated carbocycles. The first kappa shape index (κ1) is 11.5. The predicted molar refractivity (Wildman–Crippen MR) is 59.7 cm³/mol. The van der Waals surface area contributed by atoms with Crippen molar-refractivity contribution in [2.24, 2.45) is 15.7 Å². The Morgan fingerprint density at radius 2 is 1.92 bits per heavy atom. The summed E-state index contributed by atoms with van der Waals surface area (Å²) in [5, 5.41) is 8.13. The molecule has 0 heterocycles. The quantitative estimate of drug-likeness (QED) is 0.457. The van der Waals surface area contributed by atoms with Crippen molar-refractivity contribution < 1.29 is 0 Å². The van der Waals surface area contributed by atoms with E-state index in [0.717, 1.165) is 0 Å². The highest BCUT2D eigenvalue weighted by Crippen LogP contribution is 2.03. The van der Waals surface area contributed by atoms with Crippen LogP contribution in [0.25, 0.3) is 0 Å². The van der Waals surface area contributed by atoms with E-state index in [4.69, 9.17) is 11.1 Å². The van der Waals surface area contributed by atoms with E-state index in [2.05, 4.69) is 9.98 Å². The van der Waals surface area contributed by atoms with E-state index in [1.54, 1.807) is 13.3 Å². The maximum absolute atomic E-state index is 7.29. The van der Waals surface area contributed by atoms with E-state index in [-0.39, 0.29) is 5.17 Å². The molecule has 6 heteroatoms. The second-order valence-corrected chi connectivity index (χ2v) is 3.33. The molecule has 0 aliphatic rings. The number of aliphatic imine (C=N–C) groups is 2. The van der Waals surface area contributed by atoms with Crippen LogP contribution in [0.4, 0.5) is 0 Å². The number of hydrogen-bond donors (Lipinski definition) is 2. The molecular weight excluding hydrogens is 192 g/mol. The highest BCUT2D eigenvalue weighted by molar-refractivity contribution is 8.16. The number of nitrogens with zero attached hydrogens (tertiary/aromatic N) is 2. The van der Waals surface area contributed by atoms with Crippen LogP contribution < -0.4 is 5.73 Å². The Morgan fingerprint density at radius 3 is 2.25 bits per heavy atom. The summed E-state index contributed by atoms with van der Waals surface area (Å²) >= 11 is 2.65. The molecule has 3 N–H and O–H groups in total. The van der Waals surface area contributed by atoms with E-state index in [1.807, 2.05) is 6.26 Å². The highest BCUT2D eigenvalue weighted by atomic mass is 32.2. The summed E-state index contributed by atoms with van der Waals surface area (Å²) in [5.74, 6) is 0.376. The monoisotopic (exact) mass is 204 g/mol. The van der Waals surface area contributed by atoms with Gasteiger partial charge in [-0.25, -0.2) is 4.99 Å². The molecule has 0 aliphatic heterocycles. The number of thioether (sulfide) groups is 2. The van der Waals surface area contributed by atoms with Crippen molar-refractivity contribution in [3.8, 4) is 0 Å². The number of amidine groups is 2. The van der Waals surface area contributed by atoms with Gasteiger partial charge in [-0.15, -0.1) is 11.8 Å². The lowest BCUT2D eigenvalue weighted by Crippen LogP contribution is -2.21. The molecule has 0 aliphatic carbocycles. The van der Waals surface area contributed by atoms with Gasteiger partial charge in [-0.05, 0) is 12.5 Å². The molecule has 0 rings (SSSR count). The van der Waals surface area contributed by atoms with Crippen molar-refractivity contribution in [1.29, 1.82) is 5.41 Å². The molecule has 0 aromatic heterocycles. The lowest BCUT2D eigenvalue weighted by molar-refractivity contribution is 1.42. The Hall–Kier alpha value is -0.490. The molecule has 0 amide bonds. The van der Waals surface area contributed by atoms with Gasteiger partial charge < -0.3 is 5.73 Å². The molecule has 0 saturated heterocycles. The molecule has 0 bridgehead atoms. The third-order valence-corrected chi connectivity index (χ3v) is 2.21. The van der Waals surface area contributed by atoms with E-state index in [0.29, 0.717) is 10.9 Å². The van der Waals surface area contributed by atoms with Crippen molar-refractivity contribution in [3.05, 3.63) is 0 Å². The summed E-state index contributed by atoms with van der Waals surface area (Å²) < 4.78 is 0. The van der Waals surface area contributed by atoms with E-state index >= 15 is 0 Å². The third-order valence-electron chi connectivity index (χ3n) is 1.05. The zero-order valence-corrected chi connectivity index (χ0v) is 8.92. The summed E-state index contributed by atoms with van der Waals surface area (Å²) in [7, 11) is 1.60. The summed E-state index contributed by atoms with van der Waals surface area (Å²) in [4.78, 5) is 7.74. The van der Waals surface area contributed by atoms with Gasteiger partial charge in [0.1, 0.15) is 5.04 Å². The molecule has 0 aromatic carbocycles. The fourth-order valence-electron chi connectivity index (χ4n) is 0.441. The number of nitrogens with one attached hydrogen (secondary N) is 1. The lowest BCUT2D eigenvalue weighted by atomic mass is 10.6. The number of rotatable bonds is 0. The van der Waals surface area contributed by atoms with E-state index in [1.165, 1.54) is 23.5 Å². The Kier molecular flexibility index (Phi) is 5.83. The molecule has 0 atom stereocenters. The predicted octanol–water partition coefficient (Wildman–Crippen LogP) is 1.03. The second-order valence-electron chi connectivity index (χ2n) is 1.74. The SMILES string of the molecule is CN=C(N)C(=NC(=N)SC)SC. The van der Waals surface area contributed by atoms with Crippen molar-refractivity contribution in [2.75, 3.05) is 19.6 Å². The average molecular weight is 204 g/mol. The summed E-state index contributed by atoms with van der Waals surface area (Å²) in [6, 6.07) is 0. The smallest absolute Gasteiger partial charge is 0.180 e. The summed E-state index contributed by atoms with van der Waals surface area (Å²) in [6.45, 7) is 0. The topological polar surface area (TPSA) is 74.6 Å². The summed E-state index contributed by atoms with van der Waals surface area (Å²) in [6.07, 6.45) is 3.65. The van der Waals surface area contributed by atoms with E-state index < -0.39 is 0 Å². The van der Waals surface area contributed by atoms with Gasteiger partial charge in [-0.1, -0.05) is 11.8 Å². The average Bonchev–Trinajstić information content (AvgIpc) is 2.12. The molecule has 0 aromatic rings. The Balaban J connectivity index is 4.54. The van der Waals surface area contributed by atoms with Crippen LogP contribution in [0.1, 0.15) is 0 Å². The molecule has 0 radical (unpaired) electrons. The molecule has 4 nitrogen and oxygen atoms in total. The first-order chi connectivity index (χ1) is 5.65. The fourth-order valence-corrected chi connectivity index (χ4v) is 1.16. The van der Waals surface area contributed by atoms with Gasteiger partial charge in [0.25, 0.3) is 0 Å². The second kappa shape index (κ2) is 6.07. The first-order valence-corrected chi connectivity index (χ1v) is 5.58. The Bertz CT molecular complexity index is 222. The zero-order valence-electron chi connectivity index (χ0n) is 7.29. The van der Waals surface area contributed by atoms with Crippen LogP contribution in [-0.2, 0) is 0 Å². The van der Waals surface area contributed by atoms with Gasteiger partial charge in [0.15, 0.2) is 11.0 Å². The minimum absolute atomic E-state index is 0.242. The highest BCUT2D eigenvalue weighted by Gasteiger charge is 2.02. The maximum atomic E-state index is 7.29. The largest absolute Gasteiger partial charge is 0.382 e. The molecular formula is C6H12N4S2.